The molecule has 0 aliphatic carbocycles. The van der Waals surface area contributed by atoms with E-state index in [2.05, 4.69) is 12.2 Å². The van der Waals surface area contributed by atoms with E-state index in [9.17, 15) is 8.78 Å². The number of nitrogens with one attached hydrogen (secondary N) is 1. The molecule has 1 N–H and O–H groups in total. The van der Waals surface area contributed by atoms with Crippen LogP contribution in [-0.2, 0) is 6.42 Å². The van der Waals surface area contributed by atoms with Gasteiger partial charge in [0.25, 0.3) is 0 Å². The van der Waals surface area contributed by atoms with Crippen molar-refractivity contribution in [3.05, 3.63) is 35.4 Å². The average Bonchev–Trinajstić information content (AvgIpc) is 2.43. The van der Waals surface area contributed by atoms with Gasteiger partial charge in [0.05, 0.1) is 0 Å². The SMILES string of the molecule is CCCCCCCC(Cc1cccc(F)c1F)NCC. The van der Waals surface area contributed by atoms with E-state index in [0.717, 1.165) is 19.4 Å². The van der Waals surface area contributed by atoms with E-state index in [1.807, 2.05) is 6.92 Å². The van der Waals surface area contributed by atoms with Gasteiger partial charge in [-0.1, -0.05) is 58.1 Å². The van der Waals surface area contributed by atoms with E-state index in [0.29, 0.717) is 12.0 Å². The predicted molar refractivity (Wildman–Crippen MR) is 80.9 cm³/mol. The second-order valence-corrected chi connectivity index (χ2v) is 5.37. The third-order valence-corrected chi connectivity index (χ3v) is 3.65. The van der Waals surface area contributed by atoms with Crippen molar-refractivity contribution in [1.82, 2.24) is 5.32 Å². The Labute approximate surface area is 121 Å². The van der Waals surface area contributed by atoms with Crippen molar-refractivity contribution < 1.29 is 8.78 Å². The van der Waals surface area contributed by atoms with Crippen LogP contribution in [0.5, 0.6) is 0 Å². The Bertz CT molecular complexity index is 379. The fourth-order valence-electron chi connectivity index (χ4n) is 2.53. The molecular weight excluding hydrogens is 256 g/mol. The molecule has 114 valence electrons. The lowest BCUT2D eigenvalue weighted by Gasteiger charge is -2.18. The molecule has 0 saturated heterocycles. The number of benzene rings is 1. The number of rotatable bonds is 10. The maximum atomic E-state index is 13.7. The van der Waals surface area contributed by atoms with Crippen LogP contribution in [-0.4, -0.2) is 12.6 Å². The molecule has 1 aromatic rings. The summed E-state index contributed by atoms with van der Waals surface area (Å²) in [5, 5.41) is 3.38. The summed E-state index contributed by atoms with van der Waals surface area (Å²) >= 11 is 0. The van der Waals surface area contributed by atoms with Crippen LogP contribution in [0.25, 0.3) is 0 Å². The zero-order chi connectivity index (χ0) is 14.8. The molecule has 0 aromatic heterocycles. The highest BCUT2D eigenvalue weighted by atomic mass is 19.2. The van der Waals surface area contributed by atoms with E-state index in [-0.39, 0.29) is 6.04 Å². The van der Waals surface area contributed by atoms with Gasteiger partial charge in [0.2, 0.25) is 0 Å². The predicted octanol–water partition coefficient (Wildman–Crippen LogP) is 4.85. The smallest absolute Gasteiger partial charge is 0.162 e. The van der Waals surface area contributed by atoms with Crippen LogP contribution in [0.15, 0.2) is 18.2 Å². The number of likely N-dealkylation sites (N-methyl/N-ethyl adjacent to an activating group) is 1. The standard InChI is InChI=1S/C17H27F2N/c1-3-5-6-7-8-11-15(20-4-2)13-14-10-9-12-16(18)17(14)19/h9-10,12,15,20H,3-8,11,13H2,1-2H3. The minimum atomic E-state index is -0.749. The highest BCUT2D eigenvalue weighted by Crippen LogP contribution is 2.16. The molecule has 20 heavy (non-hydrogen) atoms. The fraction of sp³-hybridized carbons (Fsp3) is 0.647. The number of unbranched alkanes of at least 4 members (excludes halogenated alkanes) is 4. The molecule has 0 aliphatic heterocycles. The van der Waals surface area contributed by atoms with Crippen molar-refractivity contribution in [2.24, 2.45) is 0 Å². The van der Waals surface area contributed by atoms with Crippen molar-refractivity contribution in [1.29, 1.82) is 0 Å². The third kappa shape index (κ3) is 6.00. The minimum absolute atomic E-state index is 0.234. The summed E-state index contributed by atoms with van der Waals surface area (Å²) in [6.45, 7) is 5.11. The van der Waals surface area contributed by atoms with Crippen LogP contribution in [0.1, 0.15) is 57.9 Å². The van der Waals surface area contributed by atoms with Gasteiger partial charge in [0.15, 0.2) is 11.6 Å². The molecule has 0 amide bonds. The van der Waals surface area contributed by atoms with Crippen molar-refractivity contribution in [2.45, 2.75) is 64.8 Å². The average molecular weight is 283 g/mol. The van der Waals surface area contributed by atoms with E-state index < -0.39 is 11.6 Å². The largest absolute Gasteiger partial charge is 0.314 e. The Morgan fingerprint density at radius 2 is 1.80 bits per heavy atom. The lowest BCUT2D eigenvalue weighted by atomic mass is 9.99. The molecule has 1 nitrogen and oxygen atoms in total. The molecule has 1 atom stereocenters. The van der Waals surface area contributed by atoms with Gasteiger partial charge >= 0.3 is 0 Å². The first-order chi connectivity index (χ1) is 9.69. The summed E-state index contributed by atoms with van der Waals surface area (Å²) in [5.74, 6) is -1.44. The molecule has 0 aliphatic rings. The fourth-order valence-corrected chi connectivity index (χ4v) is 2.53. The number of hydrogen-bond donors (Lipinski definition) is 1. The summed E-state index contributed by atoms with van der Waals surface area (Å²) in [4.78, 5) is 0. The highest BCUT2D eigenvalue weighted by molar-refractivity contribution is 5.20. The summed E-state index contributed by atoms with van der Waals surface area (Å²) < 4.78 is 26.9. The summed E-state index contributed by atoms with van der Waals surface area (Å²) in [7, 11) is 0. The Morgan fingerprint density at radius 3 is 2.50 bits per heavy atom. The maximum Gasteiger partial charge on any atom is 0.162 e. The Hall–Kier alpha value is -0.960. The Balaban J connectivity index is 2.47. The summed E-state index contributed by atoms with van der Waals surface area (Å²) in [6, 6.07) is 4.67. The van der Waals surface area contributed by atoms with Gasteiger partial charge in [-0.3, -0.25) is 0 Å². The van der Waals surface area contributed by atoms with Crippen molar-refractivity contribution >= 4 is 0 Å². The zero-order valence-corrected chi connectivity index (χ0v) is 12.7. The Kier molecular flexibility index (Phi) is 8.43. The Morgan fingerprint density at radius 1 is 1.05 bits per heavy atom. The molecule has 1 aromatic carbocycles. The monoisotopic (exact) mass is 283 g/mol. The van der Waals surface area contributed by atoms with Gasteiger partial charge in [-0.2, -0.15) is 0 Å². The molecule has 3 heteroatoms. The van der Waals surface area contributed by atoms with E-state index in [4.69, 9.17) is 0 Å². The molecule has 1 unspecified atom stereocenters. The van der Waals surface area contributed by atoms with Crippen molar-refractivity contribution in [3.8, 4) is 0 Å². The number of hydrogen-bond acceptors (Lipinski definition) is 1. The molecule has 1 rings (SSSR count). The topological polar surface area (TPSA) is 12.0 Å². The maximum absolute atomic E-state index is 13.7. The van der Waals surface area contributed by atoms with Crippen LogP contribution in [0.2, 0.25) is 0 Å². The van der Waals surface area contributed by atoms with Gasteiger partial charge in [0.1, 0.15) is 0 Å². The van der Waals surface area contributed by atoms with Crippen LogP contribution >= 0.6 is 0 Å². The van der Waals surface area contributed by atoms with Crippen LogP contribution in [0, 0.1) is 11.6 Å². The summed E-state index contributed by atoms with van der Waals surface area (Å²) in [6.07, 6.45) is 7.74. The van der Waals surface area contributed by atoms with Gasteiger partial charge < -0.3 is 5.32 Å². The van der Waals surface area contributed by atoms with Crippen molar-refractivity contribution in [2.75, 3.05) is 6.54 Å². The summed E-state index contributed by atoms with van der Waals surface area (Å²) in [5.41, 5.74) is 0.476. The highest BCUT2D eigenvalue weighted by Gasteiger charge is 2.13. The van der Waals surface area contributed by atoms with E-state index >= 15 is 0 Å². The first-order valence-corrected chi connectivity index (χ1v) is 7.85. The van der Waals surface area contributed by atoms with Crippen LogP contribution in [0.4, 0.5) is 8.78 Å². The van der Waals surface area contributed by atoms with Crippen LogP contribution in [0.3, 0.4) is 0 Å². The van der Waals surface area contributed by atoms with Gasteiger partial charge in [-0.15, -0.1) is 0 Å². The first-order valence-electron chi connectivity index (χ1n) is 7.85. The van der Waals surface area contributed by atoms with Gasteiger partial charge in [-0.05, 0) is 31.0 Å². The second-order valence-electron chi connectivity index (χ2n) is 5.37. The molecule has 0 saturated carbocycles. The lowest BCUT2D eigenvalue weighted by Crippen LogP contribution is -2.31. The molecular formula is C17H27F2N. The second kappa shape index (κ2) is 9.87. The third-order valence-electron chi connectivity index (χ3n) is 3.65. The van der Waals surface area contributed by atoms with Crippen molar-refractivity contribution in [3.63, 3.8) is 0 Å². The molecule has 0 heterocycles. The van der Waals surface area contributed by atoms with Gasteiger partial charge in [-0.25, -0.2) is 8.78 Å². The zero-order valence-electron chi connectivity index (χ0n) is 12.7. The minimum Gasteiger partial charge on any atom is -0.314 e. The molecule has 0 spiro atoms. The quantitative estimate of drug-likeness (QED) is 0.605. The van der Waals surface area contributed by atoms with E-state index in [1.165, 1.54) is 31.7 Å². The molecule has 0 fully saturated rings. The molecule has 0 radical (unpaired) electrons. The first kappa shape index (κ1) is 17.1. The van der Waals surface area contributed by atoms with Crippen LogP contribution < -0.4 is 5.32 Å². The lowest BCUT2D eigenvalue weighted by molar-refractivity contribution is 0.443. The van der Waals surface area contributed by atoms with Gasteiger partial charge in [0, 0.05) is 6.04 Å². The molecule has 0 bridgehead atoms. The number of halogens is 2. The van der Waals surface area contributed by atoms with E-state index in [1.54, 1.807) is 12.1 Å². The normalized spacial score (nSPS) is 12.6.